The van der Waals surface area contributed by atoms with Gasteiger partial charge in [-0.2, -0.15) is 0 Å². The van der Waals surface area contributed by atoms with Crippen LogP contribution in [0.5, 0.6) is 0 Å². The van der Waals surface area contributed by atoms with Crippen molar-refractivity contribution in [3.05, 3.63) is 63.5 Å². The van der Waals surface area contributed by atoms with Gasteiger partial charge in [0.05, 0.1) is 36.1 Å². The molecule has 11 heteroatoms. The highest BCUT2D eigenvalue weighted by Gasteiger charge is 2.34. The lowest BCUT2D eigenvalue weighted by atomic mass is 10.0. The maximum atomic E-state index is 12.7. The van der Waals surface area contributed by atoms with Crippen molar-refractivity contribution < 1.29 is 33.4 Å². The summed E-state index contributed by atoms with van der Waals surface area (Å²) in [6, 6.07) is 8.33. The fourth-order valence-corrected chi connectivity index (χ4v) is 3.83. The highest BCUT2D eigenvalue weighted by atomic mass is 32.1. The third kappa shape index (κ3) is 6.10. The van der Waals surface area contributed by atoms with Crippen molar-refractivity contribution in [2.45, 2.75) is 19.9 Å². The van der Waals surface area contributed by atoms with Gasteiger partial charge in [-0.05, 0) is 49.6 Å². The van der Waals surface area contributed by atoms with E-state index < -0.39 is 30.1 Å². The second-order valence-corrected chi connectivity index (χ2v) is 7.64. The van der Waals surface area contributed by atoms with Gasteiger partial charge in [-0.1, -0.05) is 6.07 Å². The Hall–Kier alpha value is -3.86. The van der Waals surface area contributed by atoms with Crippen molar-refractivity contribution in [2.75, 3.05) is 25.1 Å². The number of ether oxygens (including phenoxy) is 3. The Bertz CT molecular complexity index is 1050. The van der Waals surface area contributed by atoms with Crippen molar-refractivity contribution in [3.63, 3.8) is 0 Å². The number of thiophene rings is 1. The van der Waals surface area contributed by atoms with E-state index in [0.717, 1.165) is 4.88 Å². The van der Waals surface area contributed by atoms with Crippen LogP contribution in [0.4, 0.5) is 15.3 Å². The molecule has 3 rings (SSSR count). The molecule has 0 bridgehead atoms. The van der Waals surface area contributed by atoms with E-state index >= 15 is 0 Å². The normalized spacial score (nSPS) is 15.2. The Morgan fingerprint density at radius 3 is 2.36 bits per heavy atom. The molecule has 1 unspecified atom stereocenters. The molecule has 10 nitrogen and oxygen atoms in total. The van der Waals surface area contributed by atoms with Crippen LogP contribution in [0.3, 0.4) is 0 Å². The lowest BCUT2D eigenvalue weighted by Gasteiger charge is -2.28. The Kier molecular flexibility index (Phi) is 8.03. The number of benzene rings is 1. The Labute approximate surface area is 193 Å². The summed E-state index contributed by atoms with van der Waals surface area (Å²) in [5.74, 6) is -1.29. The van der Waals surface area contributed by atoms with Gasteiger partial charge in [-0.15, -0.1) is 11.3 Å². The zero-order chi connectivity index (χ0) is 23.8. The number of amides is 3. The summed E-state index contributed by atoms with van der Waals surface area (Å²) in [6.07, 6.45) is -0.604. The molecule has 1 aromatic carbocycles. The summed E-state index contributed by atoms with van der Waals surface area (Å²) >= 11 is 1.37. The van der Waals surface area contributed by atoms with Gasteiger partial charge in [0.1, 0.15) is 6.61 Å². The predicted octanol–water partition coefficient (Wildman–Crippen LogP) is 3.34. The smallest absolute Gasteiger partial charge is 0.411 e. The van der Waals surface area contributed by atoms with Gasteiger partial charge >= 0.3 is 24.1 Å². The van der Waals surface area contributed by atoms with E-state index in [1.54, 1.807) is 26.0 Å². The molecule has 3 amide bonds. The molecule has 1 aromatic heterocycles. The molecule has 0 fully saturated rings. The molecule has 0 radical (unpaired) electrons. The third-order valence-corrected chi connectivity index (χ3v) is 5.40. The SMILES string of the molecule is CCOC(=O)Nc1ccc(C(=O)OCC2=C(C(=O)OCC)C(c3cccs3)NC(=O)N2)cc1. The quantitative estimate of drug-likeness (QED) is 0.396. The number of nitrogens with one attached hydrogen (secondary N) is 3. The number of carbonyl (C=O) groups is 4. The van der Waals surface area contributed by atoms with Gasteiger partial charge in [0.15, 0.2) is 0 Å². The number of hydrogen-bond donors (Lipinski definition) is 3. The number of hydrogen-bond acceptors (Lipinski definition) is 8. The number of rotatable bonds is 8. The fraction of sp³-hybridized carbons (Fsp3) is 0.273. The van der Waals surface area contributed by atoms with Crippen LogP contribution in [-0.4, -0.2) is 43.9 Å². The lowest BCUT2D eigenvalue weighted by molar-refractivity contribution is -0.139. The zero-order valence-corrected chi connectivity index (χ0v) is 18.8. The first-order chi connectivity index (χ1) is 15.9. The second kappa shape index (κ2) is 11.1. The van der Waals surface area contributed by atoms with Gasteiger partial charge in [-0.3, -0.25) is 5.32 Å². The van der Waals surface area contributed by atoms with Gasteiger partial charge in [0.25, 0.3) is 0 Å². The molecule has 1 aliphatic heterocycles. The molecule has 174 valence electrons. The minimum Gasteiger partial charge on any atom is -0.463 e. The molecule has 0 aliphatic carbocycles. The summed E-state index contributed by atoms with van der Waals surface area (Å²) in [4.78, 5) is 49.6. The number of anilines is 1. The van der Waals surface area contributed by atoms with Crippen LogP contribution in [0.1, 0.15) is 35.1 Å². The monoisotopic (exact) mass is 473 g/mol. The van der Waals surface area contributed by atoms with E-state index in [1.165, 1.54) is 35.6 Å². The number of urea groups is 1. The van der Waals surface area contributed by atoms with E-state index in [2.05, 4.69) is 16.0 Å². The Balaban J connectivity index is 1.75. The molecule has 3 N–H and O–H groups in total. The molecule has 1 atom stereocenters. The second-order valence-electron chi connectivity index (χ2n) is 6.66. The van der Waals surface area contributed by atoms with Crippen molar-refractivity contribution in [1.82, 2.24) is 10.6 Å². The first-order valence-electron chi connectivity index (χ1n) is 10.1. The highest BCUT2D eigenvalue weighted by molar-refractivity contribution is 7.10. The van der Waals surface area contributed by atoms with Gasteiger partial charge in [0, 0.05) is 10.6 Å². The standard InChI is InChI=1S/C22H23N3O7S/c1-3-30-20(27)17-15(24-21(28)25-18(17)16-6-5-11-33-16)12-32-19(26)13-7-9-14(10-8-13)23-22(29)31-4-2/h5-11,18H,3-4,12H2,1-2H3,(H,23,29)(H2,24,25,28). The summed E-state index contributed by atoms with van der Waals surface area (Å²) in [6.45, 7) is 3.40. The topological polar surface area (TPSA) is 132 Å². The lowest BCUT2D eigenvalue weighted by Crippen LogP contribution is -2.46. The van der Waals surface area contributed by atoms with Crippen LogP contribution in [0.15, 0.2) is 53.0 Å². The van der Waals surface area contributed by atoms with Crippen molar-refractivity contribution in [3.8, 4) is 0 Å². The molecule has 1 aliphatic rings. The van der Waals surface area contributed by atoms with Crippen LogP contribution in [0, 0.1) is 0 Å². The van der Waals surface area contributed by atoms with Crippen molar-refractivity contribution in [2.24, 2.45) is 0 Å². The Morgan fingerprint density at radius 2 is 1.73 bits per heavy atom. The minimum atomic E-state index is -0.722. The summed E-state index contributed by atoms with van der Waals surface area (Å²) in [7, 11) is 0. The molecule has 0 saturated heterocycles. The van der Waals surface area contributed by atoms with Crippen LogP contribution in [-0.2, 0) is 19.0 Å². The summed E-state index contributed by atoms with van der Waals surface area (Å²) in [5, 5.41) is 9.59. The molecular formula is C22H23N3O7S. The Morgan fingerprint density at radius 1 is 1.00 bits per heavy atom. The molecule has 33 heavy (non-hydrogen) atoms. The maximum Gasteiger partial charge on any atom is 0.411 e. The van der Waals surface area contributed by atoms with Crippen LogP contribution < -0.4 is 16.0 Å². The molecule has 0 spiro atoms. The number of esters is 2. The average Bonchev–Trinajstić information content (AvgIpc) is 3.32. The van der Waals surface area contributed by atoms with Crippen LogP contribution in [0.25, 0.3) is 0 Å². The molecule has 2 aromatic rings. The molecule has 2 heterocycles. The van der Waals surface area contributed by atoms with Crippen LogP contribution >= 0.6 is 11.3 Å². The first-order valence-corrected chi connectivity index (χ1v) is 11.0. The fourth-order valence-electron chi connectivity index (χ4n) is 3.05. The van der Waals surface area contributed by atoms with Gasteiger partial charge in [-0.25, -0.2) is 19.2 Å². The third-order valence-electron chi connectivity index (χ3n) is 4.47. The largest absolute Gasteiger partial charge is 0.463 e. The average molecular weight is 474 g/mol. The summed E-state index contributed by atoms with van der Waals surface area (Å²) in [5.41, 5.74) is 0.977. The highest BCUT2D eigenvalue weighted by Crippen LogP contribution is 2.30. The minimum absolute atomic E-state index is 0.143. The van der Waals surface area contributed by atoms with Crippen molar-refractivity contribution in [1.29, 1.82) is 0 Å². The number of carbonyl (C=O) groups excluding carboxylic acids is 4. The predicted molar refractivity (Wildman–Crippen MR) is 120 cm³/mol. The first kappa shape index (κ1) is 23.8. The summed E-state index contributed by atoms with van der Waals surface area (Å²) < 4.78 is 15.3. The maximum absolute atomic E-state index is 12.7. The van der Waals surface area contributed by atoms with Crippen molar-refractivity contribution >= 4 is 41.1 Å². The van der Waals surface area contributed by atoms with Crippen LogP contribution in [0.2, 0.25) is 0 Å². The van der Waals surface area contributed by atoms with E-state index in [9.17, 15) is 19.2 Å². The van der Waals surface area contributed by atoms with E-state index in [0.29, 0.717) is 5.69 Å². The molecular weight excluding hydrogens is 450 g/mol. The van der Waals surface area contributed by atoms with E-state index in [-0.39, 0.29) is 36.7 Å². The molecule has 0 saturated carbocycles. The zero-order valence-electron chi connectivity index (χ0n) is 18.0. The van der Waals surface area contributed by atoms with Gasteiger partial charge < -0.3 is 24.8 Å². The van der Waals surface area contributed by atoms with E-state index in [1.807, 2.05) is 5.38 Å². The van der Waals surface area contributed by atoms with Gasteiger partial charge in [0.2, 0.25) is 0 Å². The van der Waals surface area contributed by atoms with E-state index in [4.69, 9.17) is 14.2 Å².